The summed E-state index contributed by atoms with van der Waals surface area (Å²) < 4.78 is 1.13. The maximum Gasteiger partial charge on any atom is 0.224 e. The Labute approximate surface area is 256 Å². The van der Waals surface area contributed by atoms with E-state index in [1.807, 2.05) is 13.0 Å². The minimum atomic E-state index is -0.461. The molecule has 0 unspecified atom stereocenters. The van der Waals surface area contributed by atoms with Crippen molar-refractivity contribution in [2.45, 2.75) is 90.5 Å². The van der Waals surface area contributed by atoms with Crippen molar-refractivity contribution < 1.29 is 14.4 Å². The van der Waals surface area contributed by atoms with Crippen molar-refractivity contribution in [1.29, 1.82) is 0 Å². The molecule has 1 aromatic carbocycles. The molecule has 2 aromatic rings. The second-order valence-electron chi connectivity index (χ2n) is 12.4. The lowest BCUT2D eigenvalue weighted by Gasteiger charge is -2.33. The lowest BCUT2D eigenvalue weighted by molar-refractivity contribution is -0.130. The largest absolute Gasteiger partial charge is 0.353 e. The van der Waals surface area contributed by atoms with Crippen LogP contribution >= 0.6 is 11.3 Å². The van der Waals surface area contributed by atoms with Gasteiger partial charge in [0.1, 0.15) is 5.78 Å². The molecule has 8 heteroatoms. The summed E-state index contributed by atoms with van der Waals surface area (Å²) in [5.74, 6) is 0.0119. The van der Waals surface area contributed by atoms with Crippen LogP contribution in [0.25, 0.3) is 10.2 Å². The van der Waals surface area contributed by atoms with Crippen molar-refractivity contribution in [2.24, 2.45) is 11.8 Å². The number of fused-ring (bicyclic) bond motifs is 1. The molecule has 7 nitrogen and oxygen atoms in total. The lowest BCUT2D eigenvalue weighted by atomic mass is 9.81. The summed E-state index contributed by atoms with van der Waals surface area (Å²) in [4.78, 5) is 49.0. The minimum absolute atomic E-state index is 0.0695. The number of nitrogens with zero attached hydrogens (tertiary/aromatic N) is 3. The van der Waals surface area contributed by atoms with E-state index in [-0.39, 0.29) is 29.9 Å². The van der Waals surface area contributed by atoms with Crippen LogP contribution < -0.4 is 5.32 Å². The molecular formula is C34H50N4O3S. The monoisotopic (exact) mass is 594 g/mol. The zero-order valence-corrected chi connectivity index (χ0v) is 26.8. The van der Waals surface area contributed by atoms with Gasteiger partial charge in [-0.15, -0.1) is 11.3 Å². The Balaban J connectivity index is 1.42. The van der Waals surface area contributed by atoms with Crippen LogP contribution in [-0.4, -0.2) is 78.1 Å². The fourth-order valence-corrected chi connectivity index (χ4v) is 7.41. The topological polar surface area (TPSA) is 82.6 Å². The number of likely N-dealkylation sites (N-methyl/N-ethyl adjacent to an activating group) is 1. The van der Waals surface area contributed by atoms with E-state index in [1.165, 1.54) is 12.0 Å². The van der Waals surface area contributed by atoms with Crippen molar-refractivity contribution >= 4 is 39.0 Å². The number of aryl methyl sites for hydroxylation is 1. The van der Waals surface area contributed by atoms with E-state index in [4.69, 9.17) is 4.98 Å². The zero-order chi connectivity index (χ0) is 30.1. The third-order valence-corrected chi connectivity index (χ3v) is 10.2. The summed E-state index contributed by atoms with van der Waals surface area (Å²) in [6, 6.07) is 6.26. The number of rotatable bonds is 15. The Hall–Kier alpha value is -2.42. The average Bonchev–Trinajstić information content (AvgIpc) is 3.41. The van der Waals surface area contributed by atoms with Gasteiger partial charge in [0.2, 0.25) is 5.91 Å². The van der Waals surface area contributed by atoms with Crippen molar-refractivity contribution in [1.82, 2.24) is 20.1 Å². The fourth-order valence-electron chi connectivity index (χ4n) is 6.30. The lowest BCUT2D eigenvalue weighted by Crippen LogP contribution is -2.46. The van der Waals surface area contributed by atoms with Gasteiger partial charge in [-0.05, 0) is 56.3 Å². The van der Waals surface area contributed by atoms with E-state index in [9.17, 15) is 14.4 Å². The molecular weight excluding hydrogens is 544 g/mol. The number of carbonyl (C=O) groups is 3. The molecule has 2 atom stereocenters. The highest BCUT2D eigenvalue weighted by atomic mass is 32.1. The van der Waals surface area contributed by atoms with Gasteiger partial charge in [-0.2, -0.15) is 0 Å². The highest BCUT2D eigenvalue weighted by Crippen LogP contribution is 2.30. The van der Waals surface area contributed by atoms with E-state index >= 15 is 0 Å². The van der Waals surface area contributed by atoms with Gasteiger partial charge in [0.15, 0.2) is 5.78 Å². The highest BCUT2D eigenvalue weighted by Gasteiger charge is 2.30. The van der Waals surface area contributed by atoms with Crippen LogP contribution in [0.3, 0.4) is 0 Å². The molecule has 2 fully saturated rings. The number of nitrogens with one attached hydrogen (secondary N) is 1. The molecule has 0 radical (unpaired) electrons. The third-order valence-electron chi connectivity index (χ3n) is 9.20. The predicted molar refractivity (Wildman–Crippen MR) is 172 cm³/mol. The third kappa shape index (κ3) is 9.29. The Morgan fingerprint density at radius 2 is 1.83 bits per heavy atom. The summed E-state index contributed by atoms with van der Waals surface area (Å²) in [5, 5.41) is 4.25. The molecule has 0 bridgehead atoms. The molecule has 1 saturated carbocycles. The summed E-state index contributed by atoms with van der Waals surface area (Å²) in [5.41, 5.74) is 2.88. The van der Waals surface area contributed by atoms with Gasteiger partial charge in [-0.25, -0.2) is 4.98 Å². The van der Waals surface area contributed by atoms with Gasteiger partial charge >= 0.3 is 0 Å². The Kier molecular flexibility index (Phi) is 12.3. The molecule has 1 aliphatic carbocycles. The molecule has 1 aromatic heterocycles. The van der Waals surface area contributed by atoms with E-state index < -0.39 is 5.92 Å². The van der Waals surface area contributed by atoms with Gasteiger partial charge in [0.05, 0.1) is 21.1 Å². The highest BCUT2D eigenvalue weighted by molar-refractivity contribution is 7.18. The van der Waals surface area contributed by atoms with Gasteiger partial charge < -0.3 is 10.2 Å². The van der Waals surface area contributed by atoms with E-state index in [2.05, 4.69) is 47.8 Å². The van der Waals surface area contributed by atoms with Crippen LogP contribution in [0.4, 0.5) is 0 Å². The van der Waals surface area contributed by atoms with Crippen molar-refractivity contribution in [3.05, 3.63) is 40.9 Å². The number of benzene rings is 1. The quantitative estimate of drug-likeness (QED) is 0.270. The minimum Gasteiger partial charge on any atom is -0.353 e. The fraction of sp³-hybridized carbons (Fsp3) is 0.647. The zero-order valence-electron chi connectivity index (χ0n) is 26.0. The number of piperazine rings is 1. The average molecular weight is 595 g/mol. The molecule has 1 N–H and O–H groups in total. The van der Waals surface area contributed by atoms with Gasteiger partial charge in [-0.1, -0.05) is 45.8 Å². The summed E-state index contributed by atoms with van der Waals surface area (Å²) in [6.07, 6.45) is 8.74. The maximum atomic E-state index is 13.8. The molecule has 1 aliphatic heterocycles. The Morgan fingerprint density at radius 3 is 2.52 bits per heavy atom. The Morgan fingerprint density at radius 1 is 1.10 bits per heavy atom. The second-order valence-corrected chi connectivity index (χ2v) is 13.5. The smallest absolute Gasteiger partial charge is 0.224 e. The van der Waals surface area contributed by atoms with Crippen LogP contribution in [0.2, 0.25) is 0 Å². The van der Waals surface area contributed by atoms with E-state index in [0.29, 0.717) is 43.7 Å². The van der Waals surface area contributed by atoms with Crippen LogP contribution in [0.1, 0.15) is 82.2 Å². The first-order chi connectivity index (χ1) is 20.2. The first-order valence-electron chi connectivity index (χ1n) is 16.1. The molecule has 0 spiro atoms. The molecule has 42 heavy (non-hydrogen) atoms. The van der Waals surface area contributed by atoms with Crippen molar-refractivity contribution in [3.63, 3.8) is 0 Å². The number of hydrogen-bond donors (Lipinski definition) is 1. The molecule has 2 aliphatic rings. The number of hydrogen-bond acceptors (Lipinski definition) is 7. The number of ketones is 2. The normalized spacial score (nSPS) is 18.5. The number of carbonyl (C=O) groups excluding carboxylic acids is 3. The van der Waals surface area contributed by atoms with E-state index in [0.717, 1.165) is 73.5 Å². The van der Waals surface area contributed by atoms with Crippen molar-refractivity contribution in [2.75, 3.05) is 39.8 Å². The number of aromatic nitrogens is 1. The first kappa shape index (κ1) is 32.5. The molecule has 1 saturated heterocycles. The summed E-state index contributed by atoms with van der Waals surface area (Å²) in [7, 11) is 2.13. The molecule has 4 rings (SSSR count). The van der Waals surface area contributed by atoms with E-state index in [1.54, 1.807) is 11.3 Å². The summed E-state index contributed by atoms with van der Waals surface area (Å²) in [6.45, 7) is 12.7. The molecule has 1 amide bonds. The van der Waals surface area contributed by atoms with Gasteiger partial charge in [-0.3, -0.25) is 19.3 Å². The number of thiazole rings is 1. The van der Waals surface area contributed by atoms with Gasteiger partial charge in [0, 0.05) is 70.0 Å². The standard InChI is InChI=1S/C34H50N4O3S/c1-5-25-12-13-30-32(20-25)42-33(35-30)22-27(21-28(39)6-2)34(41)36-29(26-10-8-7-9-11-26)14-15-31(40)24(3)23-38-18-16-37(4)17-19-38/h12-13,20,26-27,29H,3,5-11,14-19,21-23H2,1-2,4H3,(H,36,41)/t27-,29+/m0/s1. The first-order valence-corrected chi connectivity index (χ1v) is 16.9. The van der Waals surface area contributed by atoms with Crippen LogP contribution in [0.5, 0.6) is 0 Å². The predicted octanol–water partition coefficient (Wildman–Crippen LogP) is 5.60. The summed E-state index contributed by atoms with van der Waals surface area (Å²) >= 11 is 1.62. The van der Waals surface area contributed by atoms with Crippen LogP contribution in [0, 0.1) is 11.8 Å². The van der Waals surface area contributed by atoms with Crippen molar-refractivity contribution in [3.8, 4) is 0 Å². The van der Waals surface area contributed by atoms with Gasteiger partial charge in [0.25, 0.3) is 0 Å². The molecule has 2 heterocycles. The second kappa shape index (κ2) is 15.9. The van der Waals surface area contributed by atoms with Crippen LogP contribution in [-0.2, 0) is 27.2 Å². The maximum absolute atomic E-state index is 13.8. The Bertz CT molecular complexity index is 1230. The van der Waals surface area contributed by atoms with Crippen LogP contribution in [0.15, 0.2) is 30.4 Å². The number of Topliss-reactive ketones (excluding diaryl/α,β-unsaturated/α-hetero) is 2. The number of amides is 1. The molecule has 230 valence electrons. The SMILES string of the molecule is C=C(CN1CCN(C)CC1)C(=O)CC[C@@H](NC(=O)[C@@H](CC(=O)CC)Cc1nc2ccc(CC)cc2s1)C1CCCCC1.